The van der Waals surface area contributed by atoms with Gasteiger partial charge >= 0.3 is 5.97 Å². The van der Waals surface area contributed by atoms with Gasteiger partial charge in [-0.2, -0.15) is 0 Å². The Balaban J connectivity index is 2.61. The SMILES string of the molecule is CCC(C)C(N)C(=O)N1CCOC(C(=O)OC)C1. The number of hydrogen-bond acceptors (Lipinski definition) is 5. The number of carbonyl (C=O) groups is 2. The van der Waals surface area contributed by atoms with Crippen molar-refractivity contribution in [1.29, 1.82) is 0 Å². The zero-order valence-electron chi connectivity index (χ0n) is 11.2. The average Bonchev–Trinajstić information content (AvgIpc) is 2.43. The lowest BCUT2D eigenvalue weighted by atomic mass is 9.98. The van der Waals surface area contributed by atoms with Crippen LogP contribution in [0, 0.1) is 5.92 Å². The van der Waals surface area contributed by atoms with Gasteiger partial charge in [0.25, 0.3) is 0 Å². The molecule has 3 unspecified atom stereocenters. The first kappa shape index (κ1) is 14.9. The van der Waals surface area contributed by atoms with Gasteiger partial charge in [0.1, 0.15) is 0 Å². The first-order chi connectivity index (χ1) is 8.51. The van der Waals surface area contributed by atoms with Crippen molar-refractivity contribution >= 4 is 11.9 Å². The predicted octanol–water partition coefficient (Wildman–Crippen LogP) is -0.240. The van der Waals surface area contributed by atoms with Gasteiger partial charge in [0.15, 0.2) is 6.10 Å². The molecule has 1 fully saturated rings. The molecule has 1 heterocycles. The maximum Gasteiger partial charge on any atom is 0.336 e. The van der Waals surface area contributed by atoms with Gasteiger partial charge in [-0.1, -0.05) is 20.3 Å². The highest BCUT2D eigenvalue weighted by Crippen LogP contribution is 2.12. The first-order valence-electron chi connectivity index (χ1n) is 6.25. The second kappa shape index (κ2) is 6.70. The third-order valence-corrected chi connectivity index (χ3v) is 3.38. The summed E-state index contributed by atoms with van der Waals surface area (Å²) < 4.78 is 9.88. The van der Waals surface area contributed by atoms with Crippen molar-refractivity contribution in [1.82, 2.24) is 4.90 Å². The van der Waals surface area contributed by atoms with E-state index < -0.39 is 18.1 Å². The molecule has 0 aromatic heterocycles. The van der Waals surface area contributed by atoms with Crippen LogP contribution in [0.2, 0.25) is 0 Å². The molecule has 0 aromatic rings. The number of carbonyl (C=O) groups excluding carboxylic acids is 2. The summed E-state index contributed by atoms with van der Waals surface area (Å²) in [7, 11) is 1.30. The molecule has 0 aliphatic carbocycles. The largest absolute Gasteiger partial charge is 0.467 e. The molecule has 0 aromatic carbocycles. The number of hydrogen-bond donors (Lipinski definition) is 1. The Morgan fingerprint density at radius 2 is 2.22 bits per heavy atom. The Morgan fingerprint density at radius 1 is 1.56 bits per heavy atom. The van der Waals surface area contributed by atoms with Crippen molar-refractivity contribution in [2.75, 3.05) is 26.8 Å². The molecule has 3 atom stereocenters. The third kappa shape index (κ3) is 3.43. The molecule has 1 aliphatic heterocycles. The van der Waals surface area contributed by atoms with E-state index in [-0.39, 0.29) is 18.4 Å². The highest BCUT2D eigenvalue weighted by Gasteiger charge is 2.33. The highest BCUT2D eigenvalue weighted by molar-refractivity contribution is 5.83. The molecule has 6 nitrogen and oxygen atoms in total. The van der Waals surface area contributed by atoms with Gasteiger partial charge < -0.3 is 20.1 Å². The summed E-state index contributed by atoms with van der Waals surface area (Å²) in [5.41, 5.74) is 5.91. The Morgan fingerprint density at radius 3 is 2.78 bits per heavy atom. The summed E-state index contributed by atoms with van der Waals surface area (Å²) in [6.45, 7) is 4.96. The van der Waals surface area contributed by atoms with Gasteiger partial charge in [0.2, 0.25) is 5.91 Å². The van der Waals surface area contributed by atoms with E-state index in [2.05, 4.69) is 4.74 Å². The Bertz CT molecular complexity index is 308. The normalized spacial score (nSPS) is 23.3. The fourth-order valence-corrected chi connectivity index (χ4v) is 1.83. The van der Waals surface area contributed by atoms with Crippen LogP contribution >= 0.6 is 0 Å². The molecular formula is C12H22N2O4. The van der Waals surface area contributed by atoms with Crippen molar-refractivity contribution in [3.63, 3.8) is 0 Å². The minimum atomic E-state index is -0.697. The van der Waals surface area contributed by atoms with E-state index in [0.29, 0.717) is 13.2 Å². The van der Waals surface area contributed by atoms with Gasteiger partial charge in [0.05, 0.1) is 26.3 Å². The highest BCUT2D eigenvalue weighted by atomic mass is 16.6. The molecule has 1 rings (SSSR count). The summed E-state index contributed by atoms with van der Waals surface area (Å²) in [4.78, 5) is 25.1. The van der Waals surface area contributed by atoms with Gasteiger partial charge in [-0.3, -0.25) is 4.79 Å². The summed E-state index contributed by atoms with van der Waals surface area (Å²) >= 11 is 0. The second-order valence-electron chi connectivity index (χ2n) is 4.58. The van der Waals surface area contributed by atoms with Crippen LogP contribution in [0.1, 0.15) is 20.3 Å². The molecule has 18 heavy (non-hydrogen) atoms. The van der Waals surface area contributed by atoms with Crippen LogP contribution in [0.3, 0.4) is 0 Å². The maximum absolute atomic E-state index is 12.1. The fourth-order valence-electron chi connectivity index (χ4n) is 1.83. The number of esters is 1. The van der Waals surface area contributed by atoms with Crippen LogP contribution in [-0.2, 0) is 19.1 Å². The van der Waals surface area contributed by atoms with Crippen LogP contribution in [-0.4, -0.2) is 55.7 Å². The summed E-state index contributed by atoms with van der Waals surface area (Å²) in [5, 5.41) is 0. The number of amides is 1. The van der Waals surface area contributed by atoms with Crippen LogP contribution in [0.4, 0.5) is 0 Å². The van der Waals surface area contributed by atoms with Gasteiger partial charge in [-0.05, 0) is 5.92 Å². The quantitative estimate of drug-likeness (QED) is 0.704. The van der Waals surface area contributed by atoms with Crippen LogP contribution in [0.25, 0.3) is 0 Å². The predicted molar refractivity (Wildman–Crippen MR) is 65.8 cm³/mol. The lowest BCUT2D eigenvalue weighted by molar-refractivity contribution is -0.163. The molecular weight excluding hydrogens is 236 g/mol. The van der Waals surface area contributed by atoms with Crippen LogP contribution < -0.4 is 5.73 Å². The molecule has 2 N–H and O–H groups in total. The summed E-state index contributed by atoms with van der Waals surface area (Å²) in [6.07, 6.45) is 0.148. The standard InChI is InChI=1S/C12H22N2O4/c1-4-8(2)10(13)11(15)14-5-6-18-9(7-14)12(16)17-3/h8-10H,4-7,13H2,1-3H3. The first-order valence-corrected chi connectivity index (χ1v) is 6.25. The summed E-state index contributed by atoms with van der Waals surface area (Å²) in [6, 6.07) is -0.522. The van der Waals surface area contributed by atoms with Gasteiger partial charge in [-0.15, -0.1) is 0 Å². The minimum Gasteiger partial charge on any atom is -0.467 e. The molecule has 0 radical (unpaired) electrons. The lowest BCUT2D eigenvalue weighted by Crippen LogP contribution is -2.54. The van der Waals surface area contributed by atoms with E-state index in [9.17, 15) is 9.59 Å². The van der Waals surface area contributed by atoms with Crippen molar-refractivity contribution in [2.24, 2.45) is 11.7 Å². The van der Waals surface area contributed by atoms with E-state index >= 15 is 0 Å². The molecule has 6 heteroatoms. The Hall–Kier alpha value is -1.14. The van der Waals surface area contributed by atoms with E-state index in [4.69, 9.17) is 10.5 Å². The molecule has 104 valence electrons. The third-order valence-electron chi connectivity index (χ3n) is 3.38. The average molecular weight is 258 g/mol. The molecule has 0 spiro atoms. The molecule has 0 saturated carbocycles. The number of ether oxygens (including phenoxy) is 2. The molecule has 1 saturated heterocycles. The Kier molecular flexibility index (Phi) is 5.55. The van der Waals surface area contributed by atoms with Gasteiger partial charge in [-0.25, -0.2) is 4.79 Å². The van der Waals surface area contributed by atoms with Gasteiger partial charge in [0, 0.05) is 6.54 Å². The van der Waals surface area contributed by atoms with E-state index in [0.717, 1.165) is 6.42 Å². The number of morpholine rings is 1. The topological polar surface area (TPSA) is 81.9 Å². The second-order valence-corrected chi connectivity index (χ2v) is 4.58. The van der Waals surface area contributed by atoms with Crippen molar-refractivity contribution < 1.29 is 19.1 Å². The lowest BCUT2D eigenvalue weighted by Gasteiger charge is -2.34. The van der Waals surface area contributed by atoms with Crippen molar-refractivity contribution in [2.45, 2.75) is 32.4 Å². The van der Waals surface area contributed by atoms with E-state index in [1.165, 1.54) is 7.11 Å². The maximum atomic E-state index is 12.1. The number of methoxy groups -OCH3 is 1. The fraction of sp³-hybridized carbons (Fsp3) is 0.833. The summed E-state index contributed by atoms with van der Waals surface area (Å²) in [5.74, 6) is -0.455. The zero-order chi connectivity index (χ0) is 13.7. The smallest absolute Gasteiger partial charge is 0.336 e. The van der Waals surface area contributed by atoms with Crippen molar-refractivity contribution in [3.05, 3.63) is 0 Å². The molecule has 0 bridgehead atoms. The minimum absolute atomic E-state index is 0.122. The number of nitrogens with zero attached hydrogens (tertiary/aromatic N) is 1. The van der Waals surface area contributed by atoms with E-state index in [1.54, 1.807) is 4.90 Å². The molecule has 1 aliphatic rings. The molecule has 1 amide bonds. The van der Waals surface area contributed by atoms with Crippen LogP contribution in [0.5, 0.6) is 0 Å². The zero-order valence-corrected chi connectivity index (χ0v) is 11.2. The number of nitrogens with two attached hydrogens (primary N) is 1. The van der Waals surface area contributed by atoms with Crippen LogP contribution in [0.15, 0.2) is 0 Å². The Labute approximate surface area is 107 Å². The van der Waals surface area contributed by atoms with E-state index in [1.807, 2.05) is 13.8 Å². The van der Waals surface area contributed by atoms with Crippen molar-refractivity contribution in [3.8, 4) is 0 Å². The number of rotatable bonds is 4. The monoisotopic (exact) mass is 258 g/mol.